The van der Waals surface area contributed by atoms with Crippen molar-refractivity contribution in [2.24, 2.45) is 0 Å². The molecule has 14 heavy (non-hydrogen) atoms. The highest BCUT2D eigenvalue weighted by Gasteiger charge is 1.95. The van der Waals surface area contributed by atoms with Crippen molar-refractivity contribution >= 4 is 12.5 Å². The lowest BCUT2D eigenvalue weighted by molar-refractivity contribution is 0.314. The van der Waals surface area contributed by atoms with Crippen LogP contribution in [0, 0.1) is 13.8 Å². The molecule has 2 heteroatoms. The largest absolute Gasteiger partial charge is 0.453 e. The lowest BCUT2D eigenvalue weighted by Gasteiger charge is -2.03. The Bertz CT molecular complexity index is 340. The molecule has 0 aliphatic heterocycles. The van der Waals surface area contributed by atoms with Crippen LogP contribution in [0.5, 0.6) is 0 Å². The van der Waals surface area contributed by atoms with Crippen molar-refractivity contribution in [3.05, 3.63) is 41.0 Å². The predicted molar refractivity (Wildman–Crippen MR) is 56.6 cm³/mol. The van der Waals surface area contributed by atoms with E-state index in [0.29, 0.717) is 0 Å². The highest BCUT2D eigenvalue weighted by Crippen LogP contribution is 2.13. The summed E-state index contributed by atoms with van der Waals surface area (Å²) in [5.74, 6) is 0. The number of benzene rings is 1. The summed E-state index contributed by atoms with van der Waals surface area (Å²) in [6.45, 7) is 5.80. The van der Waals surface area contributed by atoms with Crippen LogP contribution < -0.4 is 0 Å². The van der Waals surface area contributed by atoms with Gasteiger partial charge in [-0.2, -0.15) is 0 Å². The van der Waals surface area contributed by atoms with E-state index in [0.717, 1.165) is 5.56 Å². The summed E-state index contributed by atoms with van der Waals surface area (Å²) in [6, 6.07) is 6.11. The minimum absolute atomic E-state index is 0.275. The van der Waals surface area contributed by atoms with Crippen LogP contribution in [0.3, 0.4) is 0 Å². The molecule has 0 N–H and O–H groups in total. The quantitative estimate of drug-likeness (QED) is 0.680. The molecule has 0 spiro atoms. The third-order valence-electron chi connectivity index (χ3n) is 2.18. The zero-order valence-electron chi connectivity index (χ0n) is 8.41. The second kappa shape index (κ2) is 5.22. The van der Waals surface area contributed by atoms with E-state index in [1.54, 1.807) is 6.08 Å². The third-order valence-corrected chi connectivity index (χ3v) is 2.18. The van der Waals surface area contributed by atoms with Crippen LogP contribution in [-0.2, 0) is 9.53 Å². The number of rotatable bonds is 4. The molecule has 0 atom stereocenters. The van der Waals surface area contributed by atoms with Gasteiger partial charge in [0.05, 0.1) is 0 Å². The van der Waals surface area contributed by atoms with Crippen molar-refractivity contribution in [3.63, 3.8) is 0 Å². The maximum Gasteiger partial charge on any atom is 0.417 e. The Morgan fingerprint density at radius 3 is 2.93 bits per heavy atom. The van der Waals surface area contributed by atoms with Gasteiger partial charge >= 0.3 is 6.47 Å². The number of hydrogen-bond donors (Lipinski definition) is 0. The highest BCUT2D eigenvalue weighted by atomic mass is 16.5. The molecule has 0 aromatic heterocycles. The molecule has 2 nitrogen and oxygen atoms in total. The first-order chi connectivity index (χ1) is 6.75. The fraction of sp³-hybridized carbons (Fsp3) is 0.250. The van der Waals surface area contributed by atoms with Crippen LogP contribution in [-0.4, -0.2) is 13.1 Å². The van der Waals surface area contributed by atoms with Crippen LogP contribution in [0.1, 0.15) is 16.7 Å². The Labute approximate surface area is 84.2 Å². The maximum absolute atomic E-state index is 9.76. The first-order valence-electron chi connectivity index (χ1n) is 4.47. The van der Waals surface area contributed by atoms with Gasteiger partial charge in [-0.3, -0.25) is 0 Å². The van der Waals surface area contributed by atoms with Crippen molar-refractivity contribution in [2.45, 2.75) is 13.8 Å². The molecule has 0 saturated heterocycles. The molecule has 0 amide bonds. The van der Waals surface area contributed by atoms with E-state index < -0.39 is 0 Å². The standard InChI is InChI=1S/C12H13O2/c1-10-5-3-6-12(11(10)2)7-4-8-14-9-13/h3-7H,8H2,1-2H3/b7-4+. The Morgan fingerprint density at radius 1 is 1.43 bits per heavy atom. The molecule has 1 aromatic carbocycles. The van der Waals surface area contributed by atoms with Crippen molar-refractivity contribution in [2.75, 3.05) is 6.61 Å². The summed E-state index contributed by atoms with van der Waals surface area (Å²) in [7, 11) is 0. The van der Waals surface area contributed by atoms with Crippen LogP contribution >= 0.6 is 0 Å². The Hall–Kier alpha value is -1.57. The van der Waals surface area contributed by atoms with Crippen molar-refractivity contribution < 1.29 is 9.53 Å². The second-order valence-corrected chi connectivity index (χ2v) is 3.09. The van der Waals surface area contributed by atoms with Crippen molar-refractivity contribution in [1.82, 2.24) is 0 Å². The molecule has 0 unspecified atom stereocenters. The van der Waals surface area contributed by atoms with Gasteiger partial charge in [0.2, 0.25) is 0 Å². The minimum Gasteiger partial charge on any atom is -0.453 e. The molecule has 0 saturated carbocycles. The molecular weight excluding hydrogens is 176 g/mol. The molecule has 1 rings (SSSR count). The van der Waals surface area contributed by atoms with E-state index in [1.807, 2.05) is 18.2 Å². The molecular formula is C12H13O2. The van der Waals surface area contributed by atoms with Gasteiger partial charge in [-0.05, 0) is 36.6 Å². The van der Waals surface area contributed by atoms with Gasteiger partial charge < -0.3 is 4.74 Å². The third kappa shape index (κ3) is 2.73. The van der Waals surface area contributed by atoms with Gasteiger partial charge in [-0.15, -0.1) is 0 Å². The van der Waals surface area contributed by atoms with Gasteiger partial charge in [0.1, 0.15) is 6.61 Å². The van der Waals surface area contributed by atoms with Gasteiger partial charge in [-0.25, -0.2) is 4.79 Å². The van der Waals surface area contributed by atoms with Crippen LogP contribution in [0.2, 0.25) is 0 Å². The van der Waals surface area contributed by atoms with Crippen LogP contribution in [0.4, 0.5) is 0 Å². The number of hydrogen-bond acceptors (Lipinski definition) is 2. The summed E-state index contributed by atoms with van der Waals surface area (Å²) in [5.41, 5.74) is 3.66. The van der Waals surface area contributed by atoms with E-state index in [2.05, 4.69) is 24.7 Å². The summed E-state index contributed by atoms with van der Waals surface area (Å²) >= 11 is 0. The molecule has 0 aliphatic rings. The molecule has 0 heterocycles. The van der Waals surface area contributed by atoms with Gasteiger partial charge in [0.15, 0.2) is 0 Å². The van der Waals surface area contributed by atoms with E-state index in [4.69, 9.17) is 0 Å². The average molecular weight is 189 g/mol. The van der Waals surface area contributed by atoms with Gasteiger partial charge in [0, 0.05) is 0 Å². The highest BCUT2D eigenvalue weighted by molar-refractivity contribution is 5.55. The molecule has 0 bridgehead atoms. The monoisotopic (exact) mass is 189 g/mol. The fourth-order valence-electron chi connectivity index (χ4n) is 1.21. The summed E-state index contributed by atoms with van der Waals surface area (Å²) in [4.78, 5) is 9.76. The first-order valence-corrected chi connectivity index (χ1v) is 4.47. The molecule has 0 aliphatic carbocycles. The lowest BCUT2D eigenvalue weighted by Crippen LogP contribution is -1.87. The predicted octanol–water partition coefficient (Wildman–Crippen LogP) is 2.40. The molecule has 0 fully saturated rings. The van der Waals surface area contributed by atoms with Crippen LogP contribution in [0.15, 0.2) is 24.3 Å². The molecule has 1 aromatic rings. The number of ether oxygens (including phenoxy) is 1. The van der Waals surface area contributed by atoms with Crippen LogP contribution in [0.25, 0.3) is 6.08 Å². The maximum atomic E-state index is 9.76. The summed E-state index contributed by atoms with van der Waals surface area (Å²) in [5, 5.41) is 0. The lowest BCUT2D eigenvalue weighted by atomic mass is 10.0. The summed E-state index contributed by atoms with van der Waals surface area (Å²) < 4.78 is 4.43. The first kappa shape index (κ1) is 10.5. The number of carbonyl (C=O) groups excluding carboxylic acids is 1. The second-order valence-electron chi connectivity index (χ2n) is 3.09. The number of aryl methyl sites for hydroxylation is 1. The topological polar surface area (TPSA) is 26.3 Å². The van der Waals surface area contributed by atoms with E-state index in [1.165, 1.54) is 17.6 Å². The zero-order valence-corrected chi connectivity index (χ0v) is 8.41. The van der Waals surface area contributed by atoms with E-state index in [-0.39, 0.29) is 6.61 Å². The minimum atomic E-state index is 0.275. The van der Waals surface area contributed by atoms with Gasteiger partial charge in [0.25, 0.3) is 0 Å². The van der Waals surface area contributed by atoms with E-state index >= 15 is 0 Å². The van der Waals surface area contributed by atoms with Crippen molar-refractivity contribution in [1.29, 1.82) is 0 Å². The molecule has 73 valence electrons. The van der Waals surface area contributed by atoms with Crippen molar-refractivity contribution in [3.8, 4) is 0 Å². The zero-order chi connectivity index (χ0) is 10.4. The smallest absolute Gasteiger partial charge is 0.417 e. The fourth-order valence-corrected chi connectivity index (χ4v) is 1.21. The molecule has 1 radical (unpaired) electrons. The van der Waals surface area contributed by atoms with Gasteiger partial charge in [-0.1, -0.05) is 24.3 Å². The Kier molecular flexibility index (Phi) is 3.92. The normalized spacial score (nSPS) is 10.4. The average Bonchev–Trinajstić information content (AvgIpc) is 2.19. The Morgan fingerprint density at radius 2 is 2.21 bits per heavy atom. The SMILES string of the molecule is Cc1cccc(/C=C/CO[C]=O)c1C. The Balaban J connectivity index is 2.71. The summed E-state index contributed by atoms with van der Waals surface area (Å²) in [6.07, 6.45) is 3.74. The van der Waals surface area contributed by atoms with E-state index in [9.17, 15) is 4.79 Å².